The van der Waals surface area contributed by atoms with Gasteiger partial charge in [0.1, 0.15) is 0 Å². The van der Waals surface area contributed by atoms with Crippen molar-refractivity contribution in [2.24, 2.45) is 0 Å². The molecule has 13 aromatic rings. The van der Waals surface area contributed by atoms with Crippen molar-refractivity contribution in [2.75, 3.05) is 9.80 Å². The topological polar surface area (TPSA) is 6.48 Å². The van der Waals surface area contributed by atoms with Crippen molar-refractivity contribution in [2.45, 2.75) is 40.0 Å². The standard InChI is InChI=1S/C70H52N2S2/c1-43-25-28-50(29-26-43)71(52-30-33-57-55-19-8-10-22-65(55)73-67(57)40-52)51-32-35-60-61(39-51)70(48-16-12-14-44(2)36-48,49-17-13-15-45(3)37-49)62-42-64(54-18-6-7-21-59(54)69(60)62)72(63-38-46(4)24-27-47(63)5)53-31-34-58-56-20-9-11-23-66(56)74-68(58)41-53/h6-42H,1-5H3. The zero-order chi connectivity index (χ0) is 49.8. The molecule has 2 nitrogen and oxygen atoms in total. The summed E-state index contributed by atoms with van der Waals surface area (Å²) in [6, 6.07) is 85.4. The van der Waals surface area contributed by atoms with E-state index in [1.165, 1.54) is 118 Å². The molecule has 2 aromatic heterocycles. The lowest BCUT2D eigenvalue weighted by Crippen LogP contribution is -2.29. The Morgan fingerprint density at radius 1 is 0.311 bits per heavy atom. The predicted molar refractivity (Wildman–Crippen MR) is 320 cm³/mol. The van der Waals surface area contributed by atoms with Gasteiger partial charge < -0.3 is 9.80 Å². The Bertz CT molecular complexity index is 4360. The second-order valence-corrected chi connectivity index (χ2v) is 22.6. The minimum absolute atomic E-state index is 0.714. The van der Waals surface area contributed by atoms with E-state index in [1.54, 1.807) is 0 Å². The molecule has 0 radical (unpaired) electrons. The molecule has 1 aliphatic rings. The number of hydrogen-bond donors (Lipinski definition) is 0. The Hall–Kier alpha value is -8.28. The smallest absolute Gasteiger partial charge is 0.0715 e. The molecule has 0 unspecified atom stereocenters. The lowest BCUT2D eigenvalue weighted by molar-refractivity contribution is 0.766. The number of anilines is 6. The minimum Gasteiger partial charge on any atom is -0.310 e. The van der Waals surface area contributed by atoms with Crippen LogP contribution in [0.2, 0.25) is 0 Å². The molecule has 354 valence electrons. The third kappa shape index (κ3) is 6.89. The monoisotopic (exact) mass is 984 g/mol. The van der Waals surface area contributed by atoms with Gasteiger partial charge in [-0.25, -0.2) is 0 Å². The lowest BCUT2D eigenvalue weighted by Gasteiger charge is -2.36. The molecule has 14 rings (SSSR count). The molecule has 0 fully saturated rings. The Balaban J connectivity index is 1.08. The number of thiophene rings is 2. The molecule has 1 aliphatic carbocycles. The fourth-order valence-electron chi connectivity index (χ4n) is 12.2. The third-order valence-electron chi connectivity index (χ3n) is 15.6. The van der Waals surface area contributed by atoms with Crippen molar-refractivity contribution in [3.8, 4) is 11.1 Å². The van der Waals surface area contributed by atoms with Crippen LogP contribution in [0.5, 0.6) is 0 Å². The zero-order valence-electron chi connectivity index (χ0n) is 42.1. The summed E-state index contributed by atoms with van der Waals surface area (Å²) in [5.41, 5.74) is 19.8. The van der Waals surface area contributed by atoms with E-state index in [4.69, 9.17) is 0 Å². The number of hydrogen-bond acceptors (Lipinski definition) is 4. The van der Waals surface area contributed by atoms with E-state index < -0.39 is 5.41 Å². The molecule has 4 heteroatoms. The molecule has 0 saturated carbocycles. The van der Waals surface area contributed by atoms with Crippen LogP contribution in [0.15, 0.2) is 224 Å². The second kappa shape index (κ2) is 17.2. The summed E-state index contributed by atoms with van der Waals surface area (Å²) in [7, 11) is 0. The van der Waals surface area contributed by atoms with Crippen molar-refractivity contribution in [3.05, 3.63) is 275 Å². The van der Waals surface area contributed by atoms with Gasteiger partial charge in [-0.1, -0.05) is 168 Å². The summed E-state index contributed by atoms with van der Waals surface area (Å²) in [5.74, 6) is 0. The molecular formula is C70H52N2S2. The van der Waals surface area contributed by atoms with E-state index in [1.807, 2.05) is 22.7 Å². The maximum absolute atomic E-state index is 2.58. The van der Waals surface area contributed by atoms with Gasteiger partial charge >= 0.3 is 0 Å². The van der Waals surface area contributed by atoms with Gasteiger partial charge in [0.25, 0.3) is 0 Å². The molecule has 0 aliphatic heterocycles. The second-order valence-electron chi connectivity index (χ2n) is 20.4. The van der Waals surface area contributed by atoms with E-state index in [2.05, 4.69) is 269 Å². The maximum Gasteiger partial charge on any atom is 0.0715 e. The van der Waals surface area contributed by atoms with Crippen LogP contribution in [0.4, 0.5) is 34.1 Å². The molecule has 2 heterocycles. The van der Waals surface area contributed by atoms with Gasteiger partial charge in [-0.15, -0.1) is 22.7 Å². The summed E-state index contributed by atoms with van der Waals surface area (Å²) in [5, 5.41) is 7.64. The normalized spacial score (nSPS) is 12.8. The van der Waals surface area contributed by atoms with Crippen molar-refractivity contribution >= 4 is 108 Å². The van der Waals surface area contributed by atoms with Crippen LogP contribution in [0.1, 0.15) is 50.1 Å². The van der Waals surface area contributed by atoms with Crippen molar-refractivity contribution < 1.29 is 0 Å². The zero-order valence-corrected chi connectivity index (χ0v) is 43.7. The van der Waals surface area contributed by atoms with Gasteiger partial charge in [0.2, 0.25) is 0 Å². The third-order valence-corrected chi connectivity index (χ3v) is 17.9. The Morgan fingerprint density at radius 3 is 1.43 bits per heavy atom. The highest BCUT2D eigenvalue weighted by Crippen LogP contribution is 2.61. The Kier molecular flexibility index (Phi) is 10.3. The number of benzene rings is 11. The summed E-state index contributed by atoms with van der Waals surface area (Å²) >= 11 is 3.74. The van der Waals surface area contributed by atoms with Crippen molar-refractivity contribution in [1.29, 1.82) is 0 Å². The first-order chi connectivity index (χ1) is 36.2. The summed E-state index contributed by atoms with van der Waals surface area (Å²) < 4.78 is 5.17. The first kappa shape index (κ1) is 44.4. The van der Waals surface area contributed by atoms with E-state index >= 15 is 0 Å². The van der Waals surface area contributed by atoms with Gasteiger partial charge in [0.15, 0.2) is 0 Å². The highest BCUT2D eigenvalue weighted by atomic mass is 32.1. The fourth-order valence-corrected chi connectivity index (χ4v) is 14.5. The molecule has 0 amide bonds. The van der Waals surface area contributed by atoms with E-state index in [-0.39, 0.29) is 0 Å². The molecular weight excluding hydrogens is 933 g/mol. The van der Waals surface area contributed by atoms with E-state index in [0.29, 0.717) is 0 Å². The molecule has 0 saturated heterocycles. The Labute approximate surface area is 440 Å². The van der Waals surface area contributed by atoms with Gasteiger partial charge in [-0.3, -0.25) is 0 Å². The Morgan fingerprint density at radius 2 is 0.811 bits per heavy atom. The van der Waals surface area contributed by atoms with Gasteiger partial charge in [0, 0.05) is 74.2 Å². The number of rotatable bonds is 8. The van der Waals surface area contributed by atoms with Crippen LogP contribution >= 0.6 is 22.7 Å². The van der Waals surface area contributed by atoms with E-state index in [0.717, 1.165) is 28.4 Å². The molecule has 0 bridgehead atoms. The van der Waals surface area contributed by atoms with Gasteiger partial charge in [-0.2, -0.15) is 0 Å². The summed E-state index contributed by atoms with van der Waals surface area (Å²) in [6.45, 7) is 11.1. The van der Waals surface area contributed by atoms with Crippen LogP contribution in [-0.4, -0.2) is 0 Å². The molecule has 0 spiro atoms. The first-order valence-corrected chi connectivity index (χ1v) is 27.3. The molecule has 0 atom stereocenters. The SMILES string of the molecule is Cc1ccc(N(c2ccc3c(c2)C(c2cccc(C)c2)(c2cccc(C)c2)c2cc(N(c4ccc5c(c4)sc4ccccc45)c4cc(C)ccc4C)c4ccccc4c2-3)c2ccc3c(c2)sc2ccccc23)cc1. The van der Waals surface area contributed by atoms with Crippen molar-refractivity contribution in [3.63, 3.8) is 0 Å². The molecule has 74 heavy (non-hydrogen) atoms. The largest absolute Gasteiger partial charge is 0.310 e. The van der Waals surface area contributed by atoms with Crippen LogP contribution in [0, 0.1) is 34.6 Å². The average molecular weight is 985 g/mol. The lowest BCUT2D eigenvalue weighted by atomic mass is 9.67. The maximum atomic E-state index is 2.58. The molecule has 11 aromatic carbocycles. The van der Waals surface area contributed by atoms with Crippen LogP contribution in [0.25, 0.3) is 62.2 Å². The van der Waals surface area contributed by atoms with Gasteiger partial charge in [0.05, 0.1) is 11.1 Å². The average Bonchev–Trinajstić information content (AvgIpc) is 4.23. The predicted octanol–water partition coefficient (Wildman–Crippen LogP) is 20.4. The number of nitrogens with zero attached hydrogens (tertiary/aromatic N) is 2. The van der Waals surface area contributed by atoms with E-state index in [9.17, 15) is 0 Å². The fraction of sp³-hybridized carbons (Fsp3) is 0.0857. The summed E-state index contributed by atoms with van der Waals surface area (Å²) in [4.78, 5) is 5.03. The van der Waals surface area contributed by atoms with Crippen LogP contribution < -0.4 is 9.80 Å². The number of aryl methyl sites for hydroxylation is 5. The van der Waals surface area contributed by atoms with Crippen LogP contribution in [0.3, 0.4) is 0 Å². The highest BCUT2D eigenvalue weighted by molar-refractivity contribution is 7.26. The highest BCUT2D eigenvalue weighted by Gasteiger charge is 2.48. The number of fused-ring (bicyclic) bond motifs is 11. The molecule has 0 N–H and O–H groups in total. The first-order valence-electron chi connectivity index (χ1n) is 25.6. The summed E-state index contributed by atoms with van der Waals surface area (Å²) in [6.07, 6.45) is 0. The van der Waals surface area contributed by atoms with Crippen LogP contribution in [-0.2, 0) is 5.41 Å². The quantitative estimate of drug-likeness (QED) is 0.150. The van der Waals surface area contributed by atoms with Gasteiger partial charge in [-0.05, 0) is 157 Å². The minimum atomic E-state index is -0.714. The van der Waals surface area contributed by atoms with Crippen molar-refractivity contribution in [1.82, 2.24) is 0 Å².